The predicted octanol–water partition coefficient (Wildman–Crippen LogP) is 0.396. The average molecular weight is 251 g/mol. The minimum absolute atomic E-state index is 0.114. The van der Waals surface area contributed by atoms with E-state index in [1.54, 1.807) is 17.1 Å². The summed E-state index contributed by atoms with van der Waals surface area (Å²) in [6.45, 7) is 3.04. The zero-order valence-corrected chi connectivity index (χ0v) is 10.8. The maximum absolute atomic E-state index is 12.2. The number of hydrogen-bond donors (Lipinski definition) is 1. The Morgan fingerprint density at radius 3 is 2.72 bits per heavy atom. The maximum Gasteiger partial charge on any atom is 0.244 e. The topological polar surface area (TPSA) is 77.0 Å². The molecule has 6 nitrogen and oxygen atoms in total. The average Bonchev–Trinajstić information content (AvgIpc) is 2.85. The molecule has 0 aromatic carbocycles. The van der Waals surface area contributed by atoms with Crippen LogP contribution in [0.1, 0.15) is 32.6 Å². The molecule has 18 heavy (non-hydrogen) atoms. The van der Waals surface area contributed by atoms with Gasteiger partial charge in [0.1, 0.15) is 6.54 Å². The summed E-state index contributed by atoms with van der Waals surface area (Å²) in [5, 5.41) is 7.54. The summed E-state index contributed by atoms with van der Waals surface area (Å²) < 4.78 is 1.57. The Morgan fingerprint density at radius 2 is 2.17 bits per heavy atom. The maximum atomic E-state index is 12.2. The van der Waals surface area contributed by atoms with Crippen molar-refractivity contribution in [3.8, 4) is 0 Å². The van der Waals surface area contributed by atoms with Gasteiger partial charge in [0.2, 0.25) is 5.91 Å². The van der Waals surface area contributed by atoms with Crippen molar-refractivity contribution in [2.24, 2.45) is 5.73 Å². The molecule has 0 radical (unpaired) electrons. The van der Waals surface area contributed by atoms with Crippen LogP contribution < -0.4 is 5.73 Å². The number of carbonyl (C=O) groups is 1. The summed E-state index contributed by atoms with van der Waals surface area (Å²) in [6.07, 6.45) is 7.34. The summed E-state index contributed by atoms with van der Waals surface area (Å²) >= 11 is 0. The molecule has 1 amide bonds. The highest BCUT2D eigenvalue weighted by atomic mass is 16.2. The van der Waals surface area contributed by atoms with Crippen molar-refractivity contribution in [3.63, 3.8) is 0 Å². The number of rotatable bonds is 4. The van der Waals surface area contributed by atoms with Crippen LogP contribution in [0.5, 0.6) is 0 Å². The number of hydrogen-bond acceptors (Lipinski definition) is 4. The second-order valence-corrected chi connectivity index (χ2v) is 4.85. The van der Waals surface area contributed by atoms with Gasteiger partial charge in [-0.2, -0.15) is 0 Å². The van der Waals surface area contributed by atoms with Crippen LogP contribution >= 0.6 is 0 Å². The highest BCUT2D eigenvalue weighted by Crippen LogP contribution is 2.22. The molecule has 0 bridgehead atoms. The highest BCUT2D eigenvalue weighted by molar-refractivity contribution is 5.76. The van der Waals surface area contributed by atoms with Crippen LogP contribution in [0.2, 0.25) is 0 Å². The van der Waals surface area contributed by atoms with Gasteiger partial charge in [0.05, 0.1) is 6.20 Å². The number of carbonyl (C=O) groups excluding carboxylic acids is 1. The van der Waals surface area contributed by atoms with Gasteiger partial charge >= 0.3 is 0 Å². The molecule has 0 aliphatic heterocycles. The Hall–Kier alpha value is -1.43. The van der Waals surface area contributed by atoms with Gasteiger partial charge in [0.15, 0.2) is 0 Å². The van der Waals surface area contributed by atoms with Crippen LogP contribution in [-0.2, 0) is 11.3 Å². The van der Waals surface area contributed by atoms with Crippen LogP contribution in [0.4, 0.5) is 0 Å². The smallest absolute Gasteiger partial charge is 0.244 e. The van der Waals surface area contributed by atoms with Gasteiger partial charge in [-0.1, -0.05) is 5.21 Å². The van der Waals surface area contributed by atoms with Gasteiger partial charge in [-0.3, -0.25) is 4.79 Å². The Bertz CT molecular complexity index is 370. The summed E-state index contributed by atoms with van der Waals surface area (Å²) in [5.74, 6) is 0.114. The summed E-state index contributed by atoms with van der Waals surface area (Å²) in [6, 6.07) is 0.649. The molecule has 1 aromatic heterocycles. The zero-order valence-electron chi connectivity index (χ0n) is 10.8. The van der Waals surface area contributed by atoms with Gasteiger partial charge in [0, 0.05) is 24.8 Å². The number of likely N-dealkylation sites (N-methyl/N-ethyl adjacent to an activating group) is 1. The Kier molecular flexibility index (Phi) is 4.30. The molecular weight excluding hydrogens is 230 g/mol. The molecule has 1 aliphatic carbocycles. The molecule has 2 N–H and O–H groups in total. The first-order valence-electron chi connectivity index (χ1n) is 6.60. The molecule has 1 aromatic rings. The fourth-order valence-electron chi connectivity index (χ4n) is 2.60. The van der Waals surface area contributed by atoms with Crippen LogP contribution in [0.25, 0.3) is 0 Å². The normalized spacial score (nSPS) is 23.9. The van der Waals surface area contributed by atoms with E-state index in [0.29, 0.717) is 12.1 Å². The van der Waals surface area contributed by atoms with E-state index in [2.05, 4.69) is 10.3 Å². The molecule has 0 unspecified atom stereocenters. The molecular formula is C12H21N5O. The zero-order chi connectivity index (χ0) is 13.0. The lowest BCUT2D eigenvalue weighted by Gasteiger charge is -2.35. The lowest BCUT2D eigenvalue weighted by molar-refractivity contribution is -0.134. The van der Waals surface area contributed by atoms with E-state index >= 15 is 0 Å². The standard InChI is InChI=1S/C12H21N5O/c1-2-17(11-5-3-10(13)4-6-11)12(18)9-16-8-7-14-15-16/h7-8,10-11H,2-6,9,13H2,1H3. The van der Waals surface area contributed by atoms with E-state index in [-0.39, 0.29) is 12.5 Å². The van der Waals surface area contributed by atoms with E-state index in [0.717, 1.165) is 32.2 Å². The fourth-order valence-corrected chi connectivity index (χ4v) is 2.60. The van der Waals surface area contributed by atoms with Crippen molar-refractivity contribution in [2.45, 2.75) is 51.2 Å². The van der Waals surface area contributed by atoms with Crippen molar-refractivity contribution in [1.82, 2.24) is 19.9 Å². The first-order chi connectivity index (χ1) is 8.70. The monoisotopic (exact) mass is 251 g/mol. The van der Waals surface area contributed by atoms with Gasteiger partial charge in [-0.25, -0.2) is 4.68 Å². The van der Waals surface area contributed by atoms with Crippen molar-refractivity contribution in [1.29, 1.82) is 0 Å². The van der Waals surface area contributed by atoms with Crippen molar-refractivity contribution in [3.05, 3.63) is 12.4 Å². The highest BCUT2D eigenvalue weighted by Gasteiger charge is 2.26. The van der Waals surface area contributed by atoms with Crippen LogP contribution in [0, 0.1) is 0 Å². The van der Waals surface area contributed by atoms with Gasteiger partial charge in [-0.15, -0.1) is 5.10 Å². The van der Waals surface area contributed by atoms with Crippen molar-refractivity contribution >= 4 is 5.91 Å². The van der Waals surface area contributed by atoms with E-state index in [1.165, 1.54) is 0 Å². The number of amides is 1. The molecule has 100 valence electrons. The van der Waals surface area contributed by atoms with Gasteiger partial charge in [-0.05, 0) is 32.6 Å². The second-order valence-electron chi connectivity index (χ2n) is 4.85. The van der Waals surface area contributed by atoms with Crippen LogP contribution in [0.3, 0.4) is 0 Å². The molecule has 1 saturated carbocycles. The van der Waals surface area contributed by atoms with E-state index in [9.17, 15) is 4.79 Å². The third kappa shape index (κ3) is 3.07. The molecule has 1 fully saturated rings. The number of aromatic nitrogens is 3. The summed E-state index contributed by atoms with van der Waals surface area (Å²) in [7, 11) is 0. The SMILES string of the molecule is CCN(C(=O)Cn1ccnn1)C1CCC(N)CC1. The lowest BCUT2D eigenvalue weighted by Crippen LogP contribution is -2.45. The van der Waals surface area contributed by atoms with Gasteiger partial charge < -0.3 is 10.6 Å². The Morgan fingerprint density at radius 1 is 1.44 bits per heavy atom. The second kappa shape index (κ2) is 5.95. The first kappa shape index (κ1) is 13.0. The minimum atomic E-state index is 0.114. The van der Waals surface area contributed by atoms with Crippen LogP contribution in [-0.4, -0.2) is 44.4 Å². The third-order valence-electron chi connectivity index (χ3n) is 3.61. The Balaban J connectivity index is 1.93. The quantitative estimate of drug-likeness (QED) is 0.840. The van der Waals surface area contributed by atoms with Gasteiger partial charge in [0.25, 0.3) is 0 Å². The summed E-state index contributed by atoms with van der Waals surface area (Å²) in [5.41, 5.74) is 5.90. The lowest BCUT2D eigenvalue weighted by atomic mass is 9.90. The predicted molar refractivity (Wildman–Crippen MR) is 67.6 cm³/mol. The van der Waals surface area contributed by atoms with Crippen LogP contribution in [0.15, 0.2) is 12.4 Å². The minimum Gasteiger partial charge on any atom is -0.338 e. The molecule has 2 rings (SSSR count). The third-order valence-corrected chi connectivity index (χ3v) is 3.61. The summed E-state index contributed by atoms with van der Waals surface area (Å²) in [4.78, 5) is 14.2. The molecule has 1 aliphatic rings. The number of nitrogens with two attached hydrogens (primary N) is 1. The van der Waals surface area contributed by atoms with E-state index < -0.39 is 0 Å². The van der Waals surface area contributed by atoms with E-state index in [4.69, 9.17) is 5.73 Å². The van der Waals surface area contributed by atoms with E-state index in [1.807, 2.05) is 11.8 Å². The van der Waals surface area contributed by atoms with Crippen molar-refractivity contribution < 1.29 is 4.79 Å². The largest absolute Gasteiger partial charge is 0.338 e. The van der Waals surface area contributed by atoms with Crippen molar-refractivity contribution in [2.75, 3.05) is 6.54 Å². The molecule has 0 atom stereocenters. The first-order valence-corrected chi connectivity index (χ1v) is 6.60. The Labute approximate surface area is 107 Å². The molecule has 0 saturated heterocycles. The molecule has 1 heterocycles. The number of nitrogens with zero attached hydrogens (tertiary/aromatic N) is 4. The molecule has 6 heteroatoms. The molecule has 0 spiro atoms. The fraction of sp³-hybridized carbons (Fsp3) is 0.750.